The number of nitrogens with one attached hydrogen (secondary N) is 1. The molecule has 8 heteroatoms. The number of primary amides is 1. The lowest BCUT2D eigenvalue weighted by molar-refractivity contribution is 0.100. The molecule has 2 rings (SSSR count). The summed E-state index contributed by atoms with van der Waals surface area (Å²) in [5.41, 5.74) is 6.91. The average Bonchev–Trinajstić information content (AvgIpc) is 2.80. The number of rotatable bonds is 3. The van der Waals surface area contributed by atoms with Crippen molar-refractivity contribution in [2.45, 2.75) is 13.8 Å². The van der Waals surface area contributed by atoms with E-state index >= 15 is 0 Å². The Kier molecular flexibility index (Phi) is 3.96. The molecule has 0 fully saturated rings. The molecular formula is C12H13BrN4O2S. The van der Waals surface area contributed by atoms with Gasteiger partial charge in [-0.3, -0.25) is 14.3 Å². The molecule has 2 amide bonds. The van der Waals surface area contributed by atoms with Gasteiger partial charge in [-0.15, -0.1) is 11.3 Å². The van der Waals surface area contributed by atoms with Gasteiger partial charge in [0.2, 0.25) is 0 Å². The number of halogens is 1. The van der Waals surface area contributed by atoms with Crippen molar-refractivity contribution in [3.63, 3.8) is 0 Å². The van der Waals surface area contributed by atoms with Gasteiger partial charge in [0.05, 0.1) is 16.2 Å². The minimum absolute atomic E-state index is 0.347. The van der Waals surface area contributed by atoms with Crippen molar-refractivity contribution in [2.24, 2.45) is 12.8 Å². The lowest BCUT2D eigenvalue weighted by atomic mass is 10.1. The van der Waals surface area contributed by atoms with Gasteiger partial charge in [-0.25, -0.2) is 0 Å². The number of carbonyl (C=O) groups excluding carboxylic acids is 2. The molecule has 0 saturated heterocycles. The highest BCUT2D eigenvalue weighted by molar-refractivity contribution is 9.10. The van der Waals surface area contributed by atoms with Crippen molar-refractivity contribution in [3.05, 3.63) is 32.4 Å². The van der Waals surface area contributed by atoms with Crippen LogP contribution in [0.4, 0.5) is 5.00 Å². The molecule has 106 valence electrons. The van der Waals surface area contributed by atoms with Crippen molar-refractivity contribution in [3.8, 4) is 0 Å². The zero-order chi connectivity index (χ0) is 15.0. The number of carbonyl (C=O) groups is 2. The Balaban J connectivity index is 2.38. The maximum Gasteiger partial charge on any atom is 0.275 e. The van der Waals surface area contributed by atoms with Crippen LogP contribution in [0, 0.1) is 13.8 Å². The van der Waals surface area contributed by atoms with Crippen LogP contribution in [0.25, 0.3) is 0 Å². The van der Waals surface area contributed by atoms with Crippen LogP contribution in [-0.4, -0.2) is 21.6 Å². The Morgan fingerprint density at radius 3 is 2.60 bits per heavy atom. The lowest BCUT2D eigenvalue weighted by Gasteiger charge is -2.06. The number of amides is 2. The van der Waals surface area contributed by atoms with E-state index in [4.69, 9.17) is 5.73 Å². The highest BCUT2D eigenvalue weighted by Crippen LogP contribution is 2.32. The van der Waals surface area contributed by atoms with Crippen molar-refractivity contribution < 1.29 is 9.59 Å². The zero-order valence-corrected chi connectivity index (χ0v) is 13.6. The van der Waals surface area contributed by atoms with Crippen molar-refractivity contribution >= 4 is 44.1 Å². The Morgan fingerprint density at radius 2 is 2.10 bits per heavy atom. The third-order valence-electron chi connectivity index (χ3n) is 2.97. The number of nitrogens with two attached hydrogens (primary N) is 1. The molecule has 0 radical (unpaired) electrons. The molecule has 2 aromatic rings. The minimum Gasteiger partial charge on any atom is -0.365 e. The average molecular weight is 357 g/mol. The van der Waals surface area contributed by atoms with E-state index in [-0.39, 0.29) is 5.91 Å². The van der Waals surface area contributed by atoms with Crippen LogP contribution < -0.4 is 11.1 Å². The Labute approximate surface area is 128 Å². The summed E-state index contributed by atoms with van der Waals surface area (Å²) in [6.45, 7) is 3.68. The third-order valence-corrected chi connectivity index (χ3v) is 4.67. The number of hydrogen-bond donors (Lipinski definition) is 2. The van der Waals surface area contributed by atoms with E-state index in [2.05, 4.69) is 26.3 Å². The van der Waals surface area contributed by atoms with E-state index in [9.17, 15) is 9.59 Å². The first-order chi connectivity index (χ1) is 9.32. The quantitative estimate of drug-likeness (QED) is 0.883. The van der Waals surface area contributed by atoms with Crippen LogP contribution >= 0.6 is 27.3 Å². The van der Waals surface area contributed by atoms with E-state index in [1.165, 1.54) is 22.2 Å². The Bertz CT molecular complexity index is 685. The topological polar surface area (TPSA) is 90.0 Å². The van der Waals surface area contributed by atoms with Crippen LogP contribution in [0.3, 0.4) is 0 Å². The fourth-order valence-corrected chi connectivity index (χ4v) is 3.43. The van der Waals surface area contributed by atoms with Gasteiger partial charge in [0.25, 0.3) is 11.8 Å². The number of anilines is 1. The summed E-state index contributed by atoms with van der Waals surface area (Å²) in [6.07, 6.45) is 1.54. The Morgan fingerprint density at radius 1 is 1.45 bits per heavy atom. The molecule has 0 aliphatic heterocycles. The number of hydrogen-bond acceptors (Lipinski definition) is 4. The lowest BCUT2D eigenvalue weighted by Crippen LogP contribution is -2.19. The molecule has 20 heavy (non-hydrogen) atoms. The summed E-state index contributed by atoms with van der Waals surface area (Å²) in [7, 11) is 1.67. The molecule has 0 saturated carbocycles. The molecule has 0 atom stereocenters. The molecule has 0 unspecified atom stereocenters. The van der Waals surface area contributed by atoms with Gasteiger partial charge in [-0.1, -0.05) is 0 Å². The second-order valence-electron chi connectivity index (χ2n) is 4.27. The van der Waals surface area contributed by atoms with Crippen LogP contribution in [0.5, 0.6) is 0 Å². The monoisotopic (exact) mass is 356 g/mol. The first-order valence-electron chi connectivity index (χ1n) is 5.71. The van der Waals surface area contributed by atoms with Gasteiger partial charge in [0.1, 0.15) is 10.7 Å². The van der Waals surface area contributed by atoms with Crippen LogP contribution in [-0.2, 0) is 7.05 Å². The van der Waals surface area contributed by atoms with Gasteiger partial charge in [-0.05, 0) is 35.3 Å². The van der Waals surface area contributed by atoms with Gasteiger partial charge in [-0.2, -0.15) is 5.10 Å². The number of thiophene rings is 1. The van der Waals surface area contributed by atoms with Crippen molar-refractivity contribution in [1.29, 1.82) is 0 Å². The second kappa shape index (κ2) is 5.37. The van der Waals surface area contributed by atoms with Crippen molar-refractivity contribution in [1.82, 2.24) is 9.78 Å². The van der Waals surface area contributed by atoms with Gasteiger partial charge >= 0.3 is 0 Å². The molecule has 0 aromatic carbocycles. The van der Waals surface area contributed by atoms with E-state index < -0.39 is 5.91 Å². The van der Waals surface area contributed by atoms with Crippen LogP contribution in [0.2, 0.25) is 0 Å². The molecule has 2 heterocycles. The van der Waals surface area contributed by atoms with Crippen LogP contribution in [0.1, 0.15) is 31.3 Å². The SMILES string of the molecule is Cc1sc(NC(=O)c2c(Br)cnn2C)c(C(N)=O)c1C. The normalized spacial score (nSPS) is 10.6. The van der Waals surface area contributed by atoms with Gasteiger partial charge in [0.15, 0.2) is 0 Å². The van der Waals surface area contributed by atoms with E-state index in [1.807, 2.05) is 13.8 Å². The fourth-order valence-electron chi connectivity index (χ4n) is 1.84. The standard InChI is InChI=1S/C12H13BrN4O2S/c1-5-6(2)20-12(8(5)10(14)18)16-11(19)9-7(13)4-15-17(9)3/h4H,1-3H3,(H2,14,18)(H,16,19). The number of aryl methyl sites for hydroxylation is 2. The molecule has 0 spiro atoms. The summed E-state index contributed by atoms with van der Waals surface area (Å²) in [5, 5.41) is 7.17. The summed E-state index contributed by atoms with van der Waals surface area (Å²) in [4.78, 5) is 24.7. The summed E-state index contributed by atoms with van der Waals surface area (Å²) >= 11 is 4.59. The predicted molar refractivity (Wildman–Crippen MR) is 81.2 cm³/mol. The molecule has 0 aliphatic rings. The Hall–Kier alpha value is -1.67. The first-order valence-corrected chi connectivity index (χ1v) is 7.32. The highest BCUT2D eigenvalue weighted by atomic mass is 79.9. The van der Waals surface area contributed by atoms with Crippen LogP contribution in [0.15, 0.2) is 10.7 Å². The predicted octanol–water partition coefficient (Wildman–Crippen LogP) is 2.21. The molecule has 6 nitrogen and oxygen atoms in total. The minimum atomic E-state index is -0.550. The molecule has 0 aliphatic carbocycles. The fraction of sp³-hybridized carbons (Fsp3) is 0.250. The maximum atomic E-state index is 12.3. The first kappa shape index (κ1) is 14.7. The summed E-state index contributed by atoms with van der Waals surface area (Å²) in [6, 6.07) is 0. The maximum absolute atomic E-state index is 12.3. The third kappa shape index (κ3) is 2.48. The number of nitrogens with zero attached hydrogens (tertiary/aromatic N) is 2. The molecule has 3 N–H and O–H groups in total. The molecule has 2 aromatic heterocycles. The summed E-state index contributed by atoms with van der Waals surface area (Å²) in [5.74, 6) is -0.896. The van der Waals surface area contributed by atoms with E-state index in [0.29, 0.717) is 20.7 Å². The molecular weight excluding hydrogens is 344 g/mol. The van der Waals surface area contributed by atoms with E-state index in [1.54, 1.807) is 7.05 Å². The molecule has 0 bridgehead atoms. The number of aromatic nitrogens is 2. The summed E-state index contributed by atoms with van der Waals surface area (Å²) < 4.78 is 2.04. The van der Waals surface area contributed by atoms with Crippen molar-refractivity contribution in [2.75, 3.05) is 5.32 Å². The zero-order valence-electron chi connectivity index (χ0n) is 11.2. The second-order valence-corrected chi connectivity index (χ2v) is 6.35. The smallest absolute Gasteiger partial charge is 0.275 e. The largest absolute Gasteiger partial charge is 0.365 e. The highest BCUT2D eigenvalue weighted by Gasteiger charge is 2.22. The van der Waals surface area contributed by atoms with Gasteiger partial charge in [0, 0.05) is 11.9 Å². The van der Waals surface area contributed by atoms with E-state index in [0.717, 1.165) is 10.4 Å². The van der Waals surface area contributed by atoms with Gasteiger partial charge < -0.3 is 11.1 Å².